The van der Waals surface area contributed by atoms with Crippen LogP contribution in [0.5, 0.6) is 0 Å². The predicted molar refractivity (Wildman–Crippen MR) is 65.0 cm³/mol. The van der Waals surface area contributed by atoms with Crippen molar-refractivity contribution in [3.8, 4) is 0 Å². The quantitative estimate of drug-likeness (QED) is 0.345. The van der Waals surface area contributed by atoms with E-state index < -0.39 is 4.92 Å². The van der Waals surface area contributed by atoms with Gasteiger partial charge in [0.05, 0.1) is 10.6 Å². The zero-order valence-electron chi connectivity index (χ0n) is 9.38. The number of benzene rings is 1. The number of hydrogen-bond acceptors (Lipinski definition) is 5. The van der Waals surface area contributed by atoms with Gasteiger partial charge in [0, 0.05) is 28.8 Å². The molecule has 5 nitrogen and oxygen atoms in total. The molecule has 0 fully saturated rings. The summed E-state index contributed by atoms with van der Waals surface area (Å²) in [7, 11) is 0. The van der Waals surface area contributed by atoms with Gasteiger partial charge in [-0.15, -0.1) is 9.63 Å². The van der Waals surface area contributed by atoms with E-state index in [2.05, 4.69) is 9.63 Å². The molecule has 0 unspecified atom stereocenters. The van der Waals surface area contributed by atoms with Crippen LogP contribution >= 0.6 is 11.9 Å². The molecular weight excluding hydrogens is 226 g/mol. The summed E-state index contributed by atoms with van der Waals surface area (Å²) in [5.74, 6) is 0. The van der Waals surface area contributed by atoms with Gasteiger partial charge < -0.3 is 0 Å². The second kappa shape index (κ2) is 5.07. The molecule has 0 aliphatic rings. The van der Waals surface area contributed by atoms with Crippen molar-refractivity contribution in [3.63, 3.8) is 0 Å². The lowest BCUT2D eigenvalue weighted by Gasteiger charge is -2.10. The van der Waals surface area contributed by atoms with Crippen LogP contribution in [0, 0.1) is 10.1 Å². The maximum absolute atomic E-state index is 10.4. The van der Waals surface area contributed by atoms with Crippen molar-refractivity contribution in [2.45, 2.75) is 25.5 Å². The zero-order chi connectivity index (χ0) is 12.2. The summed E-state index contributed by atoms with van der Waals surface area (Å²) in [6, 6.07) is 5.97. The summed E-state index contributed by atoms with van der Waals surface area (Å²) in [5, 5.41) is 14.4. The molecule has 0 aromatic heterocycles. The Hall–Kier alpha value is -1.43. The first-order valence-electron chi connectivity index (χ1n) is 4.72. The van der Waals surface area contributed by atoms with E-state index in [0.29, 0.717) is 5.69 Å². The smallest absolute Gasteiger partial charge is 0.258 e. The molecule has 0 aliphatic heterocycles. The molecule has 0 heterocycles. The Kier molecular flexibility index (Phi) is 4.00. The van der Waals surface area contributed by atoms with Crippen molar-refractivity contribution in [1.29, 1.82) is 0 Å². The summed E-state index contributed by atoms with van der Waals surface area (Å²) in [5.41, 5.74) is 0.671. The first kappa shape index (κ1) is 12.6. The van der Waals surface area contributed by atoms with Crippen molar-refractivity contribution in [2.24, 2.45) is 9.63 Å². The van der Waals surface area contributed by atoms with Crippen LogP contribution in [0.25, 0.3) is 0 Å². The molecule has 86 valence electrons. The van der Waals surface area contributed by atoms with E-state index in [1.807, 2.05) is 20.8 Å². The second-order valence-corrected chi connectivity index (χ2v) is 5.73. The maximum Gasteiger partial charge on any atom is 0.269 e. The highest BCUT2D eigenvalue weighted by Crippen LogP contribution is 2.27. The number of non-ortho nitro benzene ring substituents is 1. The fourth-order valence-corrected chi connectivity index (χ4v) is 1.21. The van der Waals surface area contributed by atoms with Crippen molar-refractivity contribution in [3.05, 3.63) is 34.4 Å². The molecule has 1 aromatic rings. The molecule has 0 radical (unpaired) electrons. The van der Waals surface area contributed by atoms with Gasteiger partial charge in [-0.05, 0) is 32.9 Å². The summed E-state index contributed by atoms with van der Waals surface area (Å²) < 4.78 is 3.98. The molecule has 0 bridgehead atoms. The third kappa shape index (κ3) is 4.39. The van der Waals surface area contributed by atoms with Crippen LogP contribution < -0.4 is 0 Å². The minimum absolute atomic E-state index is 0.0181. The van der Waals surface area contributed by atoms with Crippen LogP contribution in [0.1, 0.15) is 20.8 Å². The Balaban J connectivity index is 2.65. The standard InChI is InChI=1S/C10H13N3O2S/c1-10(2,3)16-12-11-8-4-6-9(7-5-8)13(14)15/h4-7H,1-3H3. The van der Waals surface area contributed by atoms with Gasteiger partial charge in [-0.2, -0.15) is 0 Å². The normalized spacial score (nSPS) is 11.9. The van der Waals surface area contributed by atoms with Crippen LogP contribution in [-0.2, 0) is 0 Å². The average molecular weight is 239 g/mol. The molecule has 1 rings (SSSR count). The molecule has 0 N–H and O–H groups in total. The van der Waals surface area contributed by atoms with E-state index >= 15 is 0 Å². The van der Waals surface area contributed by atoms with Crippen molar-refractivity contribution >= 4 is 23.3 Å². The van der Waals surface area contributed by atoms with Gasteiger partial charge in [-0.25, -0.2) is 0 Å². The van der Waals surface area contributed by atoms with Crippen molar-refractivity contribution in [1.82, 2.24) is 0 Å². The number of rotatable bonds is 3. The van der Waals surface area contributed by atoms with Gasteiger partial charge in [0.1, 0.15) is 0 Å². The van der Waals surface area contributed by atoms with Gasteiger partial charge >= 0.3 is 0 Å². The molecule has 0 saturated carbocycles. The van der Waals surface area contributed by atoms with Gasteiger partial charge in [-0.3, -0.25) is 10.1 Å². The lowest BCUT2D eigenvalue weighted by atomic mass is 10.3. The molecule has 0 amide bonds. The topological polar surface area (TPSA) is 67.9 Å². The lowest BCUT2D eigenvalue weighted by molar-refractivity contribution is -0.384. The van der Waals surface area contributed by atoms with E-state index in [-0.39, 0.29) is 10.4 Å². The Morgan fingerprint density at radius 2 is 1.81 bits per heavy atom. The number of nitro benzene ring substituents is 1. The molecule has 0 aliphatic carbocycles. The molecule has 0 saturated heterocycles. The lowest BCUT2D eigenvalue weighted by Crippen LogP contribution is -2.04. The van der Waals surface area contributed by atoms with E-state index in [1.165, 1.54) is 24.1 Å². The molecule has 16 heavy (non-hydrogen) atoms. The average Bonchev–Trinajstić information content (AvgIpc) is 2.16. The third-order valence-electron chi connectivity index (χ3n) is 1.53. The van der Waals surface area contributed by atoms with Crippen molar-refractivity contribution < 1.29 is 4.92 Å². The monoisotopic (exact) mass is 239 g/mol. The predicted octanol–water partition coefficient (Wildman–Crippen LogP) is 4.13. The second-order valence-electron chi connectivity index (χ2n) is 4.16. The highest BCUT2D eigenvalue weighted by molar-refractivity contribution is 7.99. The van der Waals surface area contributed by atoms with Crippen LogP contribution in [0.2, 0.25) is 0 Å². The van der Waals surface area contributed by atoms with E-state index in [1.54, 1.807) is 12.1 Å². The SMILES string of the molecule is CC(C)(C)SN=Nc1ccc([N+](=O)[O-])cc1. The minimum Gasteiger partial charge on any atom is -0.258 e. The number of hydrogen-bond donors (Lipinski definition) is 0. The van der Waals surface area contributed by atoms with E-state index in [4.69, 9.17) is 0 Å². The number of nitrogens with zero attached hydrogens (tertiary/aromatic N) is 3. The number of nitro groups is 1. The molecule has 6 heteroatoms. The Bertz CT molecular complexity index is 396. The first-order valence-corrected chi connectivity index (χ1v) is 5.49. The summed E-state index contributed by atoms with van der Waals surface area (Å²) in [6.45, 7) is 6.10. The Labute approximate surface area is 98.2 Å². The molecule has 0 atom stereocenters. The van der Waals surface area contributed by atoms with E-state index in [9.17, 15) is 10.1 Å². The third-order valence-corrected chi connectivity index (χ3v) is 2.24. The maximum atomic E-state index is 10.4. The van der Waals surface area contributed by atoms with Crippen LogP contribution in [-0.4, -0.2) is 9.67 Å². The highest BCUT2D eigenvalue weighted by atomic mass is 32.2. The van der Waals surface area contributed by atoms with Crippen LogP contribution in [0.15, 0.2) is 33.9 Å². The molecule has 1 aromatic carbocycles. The molecule has 0 spiro atoms. The van der Waals surface area contributed by atoms with Crippen molar-refractivity contribution in [2.75, 3.05) is 0 Å². The minimum atomic E-state index is -0.440. The fraction of sp³-hybridized carbons (Fsp3) is 0.400. The highest BCUT2D eigenvalue weighted by Gasteiger charge is 2.10. The summed E-state index contributed by atoms with van der Waals surface area (Å²) in [4.78, 5) is 9.97. The fourth-order valence-electron chi connectivity index (χ4n) is 0.831. The van der Waals surface area contributed by atoms with Gasteiger partial charge in [0.25, 0.3) is 5.69 Å². The molecular formula is C10H13N3O2S. The van der Waals surface area contributed by atoms with Gasteiger partial charge in [0.15, 0.2) is 0 Å². The Morgan fingerprint density at radius 3 is 2.25 bits per heavy atom. The zero-order valence-corrected chi connectivity index (χ0v) is 10.2. The largest absolute Gasteiger partial charge is 0.269 e. The van der Waals surface area contributed by atoms with Crippen LogP contribution in [0.3, 0.4) is 0 Å². The first-order chi connectivity index (χ1) is 7.38. The van der Waals surface area contributed by atoms with E-state index in [0.717, 1.165) is 0 Å². The summed E-state index contributed by atoms with van der Waals surface area (Å²) in [6.07, 6.45) is 0. The van der Waals surface area contributed by atoms with Gasteiger partial charge in [-0.1, -0.05) is 0 Å². The Morgan fingerprint density at radius 1 is 1.25 bits per heavy atom. The van der Waals surface area contributed by atoms with Crippen LogP contribution in [0.4, 0.5) is 11.4 Å². The van der Waals surface area contributed by atoms with Gasteiger partial charge in [0.2, 0.25) is 0 Å². The summed E-state index contributed by atoms with van der Waals surface area (Å²) >= 11 is 1.36.